The zero-order valence-corrected chi connectivity index (χ0v) is 26.6. The first-order valence-corrected chi connectivity index (χ1v) is 16.4. The Morgan fingerprint density at radius 2 is 1.52 bits per heavy atom. The van der Waals surface area contributed by atoms with E-state index in [9.17, 15) is 18.0 Å². The number of carbonyl (C=O) groups is 2. The molecule has 0 saturated carbocycles. The molecule has 42 heavy (non-hydrogen) atoms. The quantitative estimate of drug-likeness (QED) is 0.262. The molecule has 0 spiro atoms. The number of anilines is 1. The summed E-state index contributed by atoms with van der Waals surface area (Å²) in [5.41, 5.74) is 4.14. The summed E-state index contributed by atoms with van der Waals surface area (Å²) < 4.78 is 27.2. The van der Waals surface area contributed by atoms with E-state index in [1.165, 1.54) is 4.90 Å². The summed E-state index contributed by atoms with van der Waals surface area (Å²) in [4.78, 5) is 29.5. The molecule has 0 saturated heterocycles. The number of hydrogen-bond acceptors (Lipinski definition) is 4. The minimum atomic E-state index is -3.81. The Kier molecular flexibility index (Phi) is 11.3. The lowest BCUT2D eigenvalue weighted by Crippen LogP contribution is -2.53. The average molecular weight is 592 g/mol. The lowest BCUT2D eigenvalue weighted by molar-refractivity contribution is -0.140. The van der Waals surface area contributed by atoms with Crippen molar-refractivity contribution in [3.05, 3.63) is 101 Å². The zero-order valence-electron chi connectivity index (χ0n) is 25.8. The molecule has 0 aliphatic rings. The lowest BCUT2D eigenvalue weighted by Gasteiger charge is -2.34. The first kappa shape index (κ1) is 32.9. The topological polar surface area (TPSA) is 86.8 Å². The van der Waals surface area contributed by atoms with Crippen molar-refractivity contribution in [2.24, 2.45) is 0 Å². The molecule has 0 aliphatic heterocycles. The third-order valence-electron chi connectivity index (χ3n) is 7.40. The third-order valence-corrected chi connectivity index (χ3v) is 8.54. The van der Waals surface area contributed by atoms with Gasteiger partial charge in [0.25, 0.3) is 0 Å². The van der Waals surface area contributed by atoms with Crippen LogP contribution in [0.4, 0.5) is 5.69 Å². The molecule has 226 valence electrons. The van der Waals surface area contributed by atoms with E-state index in [4.69, 9.17) is 0 Å². The number of sulfonamides is 1. The Bertz CT molecular complexity index is 1430. The number of benzene rings is 3. The van der Waals surface area contributed by atoms with E-state index >= 15 is 0 Å². The molecular formula is C34H45N3O4S. The maximum Gasteiger partial charge on any atom is 0.244 e. The van der Waals surface area contributed by atoms with Gasteiger partial charge in [0.05, 0.1) is 11.9 Å². The Balaban J connectivity index is 2.04. The molecule has 2 amide bonds. The van der Waals surface area contributed by atoms with Gasteiger partial charge in [0.1, 0.15) is 12.6 Å². The van der Waals surface area contributed by atoms with Crippen LogP contribution in [0.2, 0.25) is 0 Å². The smallest absolute Gasteiger partial charge is 0.244 e. The summed E-state index contributed by atoms with van der Waals surface area (Å²) in [5, 5.41) is 3.01. The van der Waals surface area contributed by atoms with Gasteiger partial charge in [-0.05, 0) is 53.1 Å². The number of nitrogens with one attached hydrogen (secondary N) is 1. The molecule has 3 rings (SSSR count). The van der Waals surface area contributed by atoms with Crippen molar-refractivity contribution >= 4 is 27.5 Å². The number of nitrogens with zero attached hydrogens (tertiary/aromatic N) is 2. The van der Waals surface area contributed by atoms with Crippen LogP contribution < -0.4 is 9.62 Å². The molecule has 1 N–H and O–H groups in total. The molecule has 3 aromatic carbocycles. The van der Waals surface area contributed by atoms with Crippen molar-refractivity contribution in [1.82, 2.24) is 10.2 Å². The molecule has 0 bridgehead atoms. The second-order valence-electron chi connectivity index (χ2n) is 11.9. The van der Waals surface area contributed by atoms with Crippen molar-refractivity contribution in [2.45, 2.75) is 71.9 Å². The first-order chi connectivity index (χ1) is 19.8. The van der Waals surface area contributed by atoms with Crippen LogP contribution in [0.1, 0.15) is 62.8 Å². The van der Waals surface area contributed by atoms with Gasteiger partial charge in [-0.1, -0.05) is 101 Å². The maximum atomic E-state index is 14.2. The van der Waals surface area contributed by atoms with Crippen LogP contribution in [-0.2, 0) is 38.0 Å². The van der Waals surface area contributed by atoms with E-state index in [0.29, 0.717) is 18.7 Å². The fourth-order valence-electron chi connectivity index (χ4n) is 4.77. The molecule has 0 fully saturated rings. The van der Waals surface area contributed by atoms with Crippen LogP contribution in [0.3, 0.4) is 0 Å². The molecule has 3 aromatic rings. The average Bonchev–Trinajstić information content (AvgIpc) is 2.94. The van der Waals surface area contributed by atoms with E-state index in [0.717, 1.165) is 45.7 Å². The van der Waals surface area contributed by atoms with Gasteiger partial charge in [0, 0.05) is 19.5 Å². The number of rotatable bonds is 13. The lowest BCUT2D eigenvalue weighted by atomic mass is 9.87. The Hall–Kier alpha value is -3.65. The predicted octanol–water partition coefficient (Wildman–Crippen LogP) is 5.61. The second-order valence-corrected chi connectivity index (χ2v) is 13.8. The van der Waals surface area contributed by atoms with Crippen molar-refractivity contribution in [3.63, 3.8) is 0 Å². The highest BCUT2D eigenvalue weighted by Crippen LogP contribution is 2.26. The second kappa shape index (κ2) is 14.5. The summed E-state index contributed by atoms with van der Waals surface area (Å²) >= 11 is 0. The Labute approximate surface area is 252 Å². The summed E-state index contributed by atoms with van der Waals surface area (Å²) in [5.74, 6) is -0.704. The fraction of sp³-hybridized carbons (Fsp3) is 0.412. The van der Waals surface area contributed by atoms with Gasteiger partial charge < -0.3 is 10.2 Å². The number of unbranched alkanes of at least 4 members (excludes halogenated alkanes) is 1. The van der Waals surface area contributed by atoms with E-state index < -0.39 is 28.5 Å². The molecule has 7 nitrogen and oxygen atoms in total. The third kappa shape index (κ3) is 9.18. The highest BCUT2D eigenvalue weighted by atomic mass is 32.2. The molecular weight excluding hydrogens is 546 g/mol. The van der Waals surface area contributed by atoms with Crippen molar-refractivity contribution in [1.29, 1.82) is 0 Å². The molecule has 8 heteroatoms. The normalized spacial score (nSPS) is 12.4. The molecule has 0 aliphatic carbocycles. The molecule has 0 radical (unpaired) electrons. The number of carbonyl (C=O) groups excluding carboxylic acids is 2. The van der Waals surface area contributed by atoms with E-state index in [-0.39, 0.29) is 17.9 Å². The number of hydrogen-bond donors (Lipinski definition) is 1. The van der Waals surface area contributed by atoms with Gasteiger partial charge in [0.2, 0.25) is 21.8 Å². The SMILES string of the molecule is CCCCNC(=O)C(Cc1ccccc1)N(Cc1ccccc1C)C(=O)CN(c1ccc(C(C)(C)C)cc1)S(C)(=O)=O. The van der Waals surface area contributed by atoms with Crippen LogP contribution in [-0.4, -0.2) is 50.5 Å². The van der Waals surface area contributed by atoms with Gasteiger partial charge in [-0.15, -0.1) is 0 Å². The number of amides is 2. The standard InChI is InChI=1S/C34H45N3O4S/c1-7-8-22-35-33(39)31(23-27-15-10-9-11-16-27)36(24-28-17-13-12-14-26(28)2)32(38)25-37(42(6,40)41)30-20-18-29(19-21-30)34(3,4)5/h9-21,31H,7-8,22-25H2,1-6H3,(H,35,39). The van der Waals surface area contributed by atoms with E-state index in [2.05, 4.69) is 33.0 Å². The van der Waals surface area contributed by atoms with Gasteiger partial charge in [-0.25, -0.2) is 8.42 Å². The van der Waals surface area contributed by atoms with E-state index in [1.807, 2.05) is 73.7 Å². The van der Waals surface area contributed by atoms with Crippen LogP contribution in [0.5, 0.6) is 0 Å². The molecule has 0 aromatic heterocycles. The molecule has 1 atom stereocenters. The summed E-state index contributed by atoms with van der Waals surface area (Å²) in [7, 11) is -3.81. The highest BCUT2D eigenvalue weighted by molar-refractivity contribution is 7.92. The summed E-state index contributed by atoms with van der Waals surface area (Å²) in [6.07, 6.45) is 3.15. The minimum absolute atomic E-state index is 0.107. The van der Waals surface area contributed by atoms with Crippen molar-refractivity contribution in [2.75, 3.05) is 23.7 Å². The van der Waals surface area contributed by atoms with Crippen LogP contribution in [0.25, 0.3) is 0 Å². The van der Waals surface area contributed by atoms with E-state index in [1.54, 1.807) is 12.1 Å². The summed E-state index contributed by atoms with van der Waals surface area (Å²) in [6, 6.07) is 23.7. The highest BCUT2D eigenvalue weighted by Gasteiger charge is 2.33. The monoisotopic (exact) mass is 591 g/mol. The van der Waals surface area contributed by atoms with Gasteiger partial charge in [0.15, 0.2) is 0 Å². The number of aryl methyl sites for hydroxylation is 1. The minimum Gasteiger partial charge on any atom is -0.354 e. The van der Waals surface area contributed by atoms with Crippen molar-refractivity contribution in [3.8, 4) is 0 Å². The Morgan fingerprint density at radius 3 is 2.10 bits per heavy atom. The fourth-order valence-corrected chi connectivity index (χ4v) is 5.62. The Morgan fingerprint density at radius 1 is 0.905 bits per heavy atom. The van der Waals surface area contributed by atoms with Gasteiger partial charge in [-0.2, -0.15) is 0 Å². The largest absolute Gasteiger partial charge is 0.354 e. The molecule has 1 unspecified atom stereocenters. The van der Waals surface area contributed by atoms with Gasteiger partial charge in [-0.3, -0.25) is 13.9 Å². The molecule has 0 heterocycles. The van der Waals surface area contributed by atoms with Crippen LogP contribution >= 0.6 is 0 Å². The van der Waals surface area contributed by atoms with Gasteiger partial charge >= 0.3 is 0 Å². The van der Waals surface area contributed by atoms with Crippen LogP contribution in [0, 0.1) is 6.92 Å². The van der Waals surface area contributed by atoms with Crippen LogP contribution in [0.15, 0.2) is 78.9 Å². The van der Waals surface area contributed by atoms with Crippen molar-refractivity contribution < 1.29 is 18.0 Å². The first-order valence-electron chi connectivity index (χ1n) is 14.5. The predicted molar refractivity (Wildman–Crippen MR) is 171 cm³/mol. The zero-order chi connectivity index (χ0) is 30.9. The maximum absolute atomic E-state index is 14.2. The summed E-state index contributed by atoms with van der Waals surface area (Å²) in [6.45, 7) is 10.5.